The Morgan fingerprint density at radius 1 is 1.21 bits per heavy atom. The topological polar surface area (TPSA) is 110 Å². The van der Waals surface area contributed by atoms with Crippen LogP contribution in [0.3, 0.4) is 0 Å². The number of aromatic hydroxyl groups is 1. The number of rotatable bonds is 1. The largest absolute Gasteiger partial charge is 0.504 e. The van der Waals surface area contributed by atoms with Crippen LogP contribution < -0.4 is 22.5 Å². The minimum absolute atomic E-state index is 0.174. The highest BCUT2D eigenvalue weighted by Gasteiger charge is 2.15. The highest BCUT2D eigenvalue weighted by Crippen LogP contribution is 2.42. The number of hydrogen-bond donors (Lipinski definition) is 5. The van der Waals surface area contributed by atoms with Crippen molar-refractivity contribution in [3.05, 3.63) is 5.56 Å². The molecular formula is C9H12N4O. The van der Waals surface area contributed by atoms with E-state index in [0.29, 0.717) is 11.3 Å². The van der Waals surface area contributed by atoms with E-state index >= 15 is 0 Å². The Morgan fingerprint density at radius 2 is 1.79 bits per heavy atom. The van der Waals surface area contributed by atoms with Crippen molar-refractivity contribution in [2.75, 3.05) is 22.5 Å². The van der Waals surface area contributed by atoms with Gasteiger partial charge in [0.05, 0.1) is 17.1 Å². The van der Waals surface area contributed by atoms with Crippen LogP contribution in [0.25, 0.3) is 0 Å². The Kier molecular flexibility index (Phi) is 2.30. The van der Waals surface area contributed by atoms with Crippen LogP contribution in [0.1, 0.15) is 5.56 Å². The number of terminal acetylenes is 1. The van der Waals surface area contributed by atoms with Crippen LogP contribution in [0.4, 0.5) is 22.7 Å². The molecule has 0 spiro atoms. The summed E-state index contributed by atoms with van der Waals surface area (Å²) in [6.45, 7) is 1.67. The van der Waals surface area contributed by atoms with Gasteiger partial charge in [0.25, 0.3) is 0 Å². The molecule has 5 nitrogen and oxygen atoms in total. The summed E-state index contributed by atoms with van der Waals surface area (Å²) in [7, 11) is 0. The summed E-state index contributed by atoms with van der Waals surface area (Å²) in [5.74, 6) is -0.174. The average Bonchev–Trinajstić information content (AvgIpc) is 2.19. The molecule has 0 aliphatic heterocycles. The lowest BCUT2D eigenvalue weighted by Gasteiger charge is -2.14. The van der Waals surface area contributed by atoms with Gasteiger partial charge in [-0.25, -0.2) is 0 Å². The highest BCUT2D eigenvalue weighted by molar-refractivity contribution is 5.92. The third kappa shape index (κ3) is 1.23. The van der Waals surface area contributed by atoms with Crippen LogP contribution in [-0.2, 0) is 0 Å². The molecule has 0 unspecified atom stereocenters. The molecule has 0 aliphatic carbocycles. The summed E-state index contributed by atoms with van der Waals surface area (Å²) in [5, 5.41) is 12.0. The second-order valence-corrected chi connectivity index (χ2v) is 2.86. The summed E-state index contributed by atoms with van der Waals surface area (Å²) < 4.78 is 0. The van der Waals surface area contributed by atoms with E-state index in [1.54, 1.807) is 6.92 Å². The van der Waals surface area contributed by atoms with E-state index in [1.165, 1.54) is 0 Å². The van der Waals surface area contributed by atoms with Gasteiger partial charge in [-0.1, -0.05) is 6.42 Å². The number of hydrogen-bond acceptors (Lipinski definition) is 5. The maximum Gasteiger partial charge on any atom is 0.165 e. The molecule has 0 saturated carbocycles. The van der Waals surface area contributed by atoms with Crippen molar-refractivity contribution in [2.45, 2.75) is 6.92 Å². The molecule has 0 aromatic heterocycles. The zero-order chi connectivity index (χ0) is 10.9. The predicted molar refractivity (Wildman–Crippen MR) is 58.5 cm³/mol. The lowest BCUT2D eigenvalue weighted by atomic mass is 10.1. The van der Waals surface area contributed by atoms with Gasteiger partial charge in [0.2, 0.25) is 0 Å². The first kappa shape index (κ1) is 9.86. The first-order chi connectivity index (χ1) is 6.50. The maximum atomic E-state index is 9.60. The maximum absolute atomic E-state index is 9.60. The van der Waals surface area contributed by atoms with E-state index in [2.05, 4.69) is 11.4 Å². The second kappa shape index (κ2) is 3.26. The number of nitrogen functional groups attached to an aromatic ring is 3. The third-order valence-corrected chi connectivity index (χ3v) is 2.06. The number of phenols is 1. The standard InChI is InChI=1S/C9H12N4O/c1-3-13-8-7(12)5(10)4(2)6(11)9(8)14/h1,13-14H,10-12H2,2H3. The smallest absolute Gasteiger partial charge is 0.165 e. The Morgan fingerprint density at radius 3 is 2.29 bits per heavy atom. The molecule has 0 bridgehead atoms. The van der Waals surface area contributed by atoms with Gasteiger partial charge in [-0.3, -0.25) is 0 Å². The van der Waals surface area contributed by atoms with Gasteiger partial charge in [0, 0.05) is 11.6 Å². The Labute approximate surface area is 81.9 Å². The zero-order valence-electron chi connectivity index (χ0n) is 7.76. The minimum Gasteiger partial charge on any atom is -0.504 e. The molecule has 14 heavy (non-hydrogen) atoms. The first-order valence-electron chi connectivity index (χ1n) is 3.88. The van der Waals surface area contributed by atoms with Crippen LogP contribution in [0.2, 0.25) is 0 Å². The molecule has 1 rings (SSSR count). The molecule has 0 heterocycles. The van der Waals surface area contributed by atoms with Gasteiger partial charge >= 0.3 is 0 Å². The molecule has 74 valence electrons. The van der Waals surface area contributed by atoms with E-state index in [4.69, 9.17) is 23.6 Å². The van der Waals surface area contributed by atoms with Crippen molar-refractivity contribution < 1.29 is 5.11 Å². The fourth-order valence-electron chi connectivity index (χ4n) is 1.12. The molecule has 0 radical (unpaired) electrons. The molecule has 1 aromatic rings. The lowest BCUT2D eigenvalue weighted by Crippen LogP contribution is -2.05. The fourth-order valence-corrected chi connectivity index (χ4v) is 1.12. The van der Waals surface area contributed by atoms with Gasteiger partial charge in [-0.15, -0.1) is 0 Å². The van der Waals surface area contributed by atoms with E-state index in [0.717, 1.165) is 0 Å². The zero-order valence-corrected chi connectivity index (χ0v) is 7.76. The number of nitrogens with two attached hydrogens (primary N) is 3. The van der Waals surface area contributed by atoms with E-state index in [1.807, 2.05) is 0 Å². The molecule has 5 heteroatoms. The summed E-state index contributed by atoms with van der Waals surface area (Å²) in [4.78, 5) is 0. The number of phenolic OH excluding ortho intramolecular Hbond substituents is 1. The summed E-state index contributed by atoms with van der Waals surface area (Å²) in [5.41, 5.74) is 18.3. The third-order valence-electron chi connectivity index (χ3n) is 2.06. The summed E-state index contributed by atoms with van der Waals surface area (Å²) in [6.07, 6.45) is 5.03. The molecular weight excluding hydrogens is 180 g/mol. The molecule has 0 amide bonds. The molecule has 1 aromatic carbocycles. The van der Waals surface area contributed by atoms with Crippen molar-refractivity contribution in [2.24, 2.45) is 0 Å². The SMILES string of the molecule is C#CNc1c(N)c(N)c(C)c(N)c1O. The molecule has 0 fully saturated rings. The van der Waals surface area contributed by atoms with Crippen molar-refractivity contribution in [3.8, 4) is 18.2 Å². The van der Waals surface area contributed by atoms with Crippen molar-refractivity contribution in [1.29, 1.82) is 0 Å². The predicted octanol–water partition coefficient (Wildman–Crippen LogP) is 0.450. The van der Waals surface area contributed by atoms with Gasteiger partial charge < -0.3 is 27.6 Å². The van der Waals surface area contributed by atoms with Gasteiger partial charge in [0.15, 0.2) is 5.75 Å². The average molecular weight is 192 g/mol. The highest BCUT2D eigenvalue weighted by atomic mass is 16.3. The van der Waals surface area contributed by atoms with Crippen LogP contribution in [0, 0.1) is 19.4 Å². The molecule has 8 N–H and O–H groups in total. The monoisotopic (exact) mass is 192 g/mol. The fraction of sp³-hybridized carbons (Fsp3) is 0.111. The van der Waals surface area contributed by atoms with Crippen LogP contribution in [-0.4, -0.2) is 5.11 Å². The van der Waals surface area contributed by atoms with Crippen LogP contribution >= 0.6 is 0 Å². The second-order valence-electron chi connectivity index (χ2n) is 2.86. The van der Waals surface area contributed by atoms with Crippen molar-refractivity contribution >= 4 is 22.7 Å². The van der Waals surface area contributed by atoms with E-state index in [-0.39, 0.29) is 22.8 Å². The Balaban J connectivity index is 3.53. The quantitative estimate of drug-likeness (QED) is 0.146. The van der Waals surface area contributed by atoms with Crippen LogP contribution in [0.5, 0.6) is 5.75 Å². The molecule has 0 atom stereocenters. The van der Waals surface area contributed by atoms with Crippen molar-refractivity contribution in [1.82, 2.24) is 0 Å². The van der Waals surface area contributed by atoms with E-state index < -0.39 is 0 Å². The first-order valence-corrected chi connectivity index (χ1v) is 3.88. The van der Waals surface area contributed by atoms with E-state index in [9.17, 15) is 5.11 Å². The van der Waals surface area contributed by atoms with Gasteiger partial charge in [-0.05, 0) is 6.92 Å². The van der Waals surface area contributed by atoms with Gasteiger partial charge in [0.1, 0.15) is 5.69 Å². The summed E-state index contributed by atoms with van der Waals surface area (Å²) in [6, 6.07) is 2.14. The lowest BCUT2D eigenvalue weighted by molar-refractivity contribution is 0.480. The number of benzene rings is 1. The molecule has 0 aliphatic rings. The number of anilines is 4. The van der Waals surface area contributed by atoms with Crippen LogP contribution in [0.15, 0.2) is 0 Å². The van der Waals surface area contributed by atoms with Crippen molar-refractivity contribution in [3.63, 3.8) is 0 Å². The number of nitrogens with one attached hydrogen (secondary N) is 1. The normalized spacial score (nSPS) is 9.43. The molecule has 0 saturated heterocycles. The summed E-state index contributed by atoms with van der Waals surface area (Å²) >= 11 is 0. The van der Waals surface area contributed by atoms with Gasteiger partial charge in [-0.2, -0.15) is 0 Å². The minimum atomic E-state index is -0.174. The Hall–Kier alpha value is -2.22. The Bertz CT molecular complexity index is 391.